The summed E-state index contributed by atoms with van der Waals surface area (Å²) in [5, 5.41) is 5.16. The summed E-state index contributed by atoms with van der Waals surface area (Å²) in [4.78, 5) is 33.0. The van der Waals surface area contributed by atoms with Crippen molar-refractivity contribution in [3.8, 4) is 5.69 Å². The van der Waals surface area contributed by atoms with Crippen molar-refractivity contribution in [2.24, 2.45) is 5.10 Å². The summed E-state index contributed by atoms with van der Waals surface area (Å²) in [7, 11) is 0. The van der Waals surface area contributed by atoms with Crippen LogP contribution in [-0.2, 0) is 17.6 Å². The molecule has 1 aromatic carbocycles. The number of nitrogens with one attached hydrogen (secondary N) is 1. The van der Waals surface area contributed by atoms with Crippen LogP contribution in [-0.4, -0.2) is 27.4 Å². The van der Waals surface area contributed by atoms with Crippen molar-refractivity contribution in [1.82, 2.24) is 15.0 Å². The van der Waals surface area contributed by atoms with E-state index in [4.69, 9.17) is 9.40 Å². The summed E-state index contributed by atoms with van der Waals surface area (Å²) in [6.45, 7) is 2.01. The lowest BCUT2D eigenvalue weighted by Gasteiger charge is -2.13. The zero-order chi connectivity index (χ0) is 24.2. The van der Waals surface area contributed by atoms with Gasteiger partial charge < -0.3 is 4.42 Å². The maximum absolute atomic E-state index is 13.7. The van der Waals surface area contributed by atoms with Crippen molar-refractivity contribution in [1.29, 1.82) is 0 Å². The number of carbonyl (C=O) groups is 1. The number of fused-ring (bicyclic) bond motifs is 3. The summed E-state index contributed by atoms with van der Waals surface area (Å²) in [6, 6.07) is 11.4. The molecule has 1 aliphatic carbocycles. The molecule has 7 nitrogen and oxygen atoms in total. The number of carbonyl (C=O) groups excluding carboxylic acids is 1. The fourth-order valence-corrected chi connectivity index (χ4v) is 6.15. The zero-order valence-electron chi connectivity index (χ0n) is 19.2. The van der Waals surface area contributed by atoms with Crippen LogP contribution in [0.1, 0.15) is 34.6 Å². The summed E-state index contributed by atoms with van der Waals surface area (Å²) in [5.41, 5.74) is 5.45. The number of hydrogen-bond donors (Lipinski definition) is 1. The number of nitrogens with zero attached hydrogens (tertiary/aromatic N) is 3. The van der Waals surface area contributed by atoms with Gasteiger partial charge in [0.25, 0.3) is 11.5 Å². The third kappa shape index (κ3) is 5.16. The molecule has 35 heavy (non-hydrogen) atoms. The van der Waals surface area contributed by atoms with Crippen LogP contribution < -0.4 is 11.0 Å². The molecule has 178 valence electrons. The van der Waals surface area contributed by atoms with Gasteiger partial charge in [-0.25, -0.2) is 10.4 Å². The van der Waals surface area contributed by atoms with Gasteiger partial charge in [-0.3, -0.25) is 14.2 Å². The third-order valence-electron chi connectivity index (χ3n) is 5.74. The Hall–Kier alpha value is -3.43. The van der Waals surface area contributed by atoms with Crippen LogP contribution in [0.15, 0.2) is 68.2 Å². The molecular weight excluding hydrogens is 480 g/mol. The van der Waals surface area contributed by atoms with Crippen LogP contribution >= 0.6 is 23.1 Å². The highest BCUT2D eigenvalue weighted by molar-refractivity contribution is 7.99. The van der Waals surface area contributed by atoms with Gasteiger partial charge in [0.05, 0.1) is 23.1 Å². The van der Waals surface area contributed by atoms with E-state index in [-0.39, 0.29) is 17.2 Å². The first-order valence-corrected chi connectivity index (χ1v) is 13.2. The number of aryl methyl sites for hydroxylation is 3. The molecule has 0 saturated heterocycles. The molecule has 0 bridgehead atoms. The van der Waals surface area contributed by atoms with Gasteiger partial charge in [0.15, 0.2) is 5.16 Å². The van der Waals surface area contributed by atoms with Crippen molar-refractivity contribution in [2.45, 2.75) is 37.8 Å². The van der Waals surface area contributed by atoms with E-state index >= 15 is 0 Å². The lowest BCUT2D eigenvalue weighted by Crippen LogP contribution is -2.24. The van der Waals surface area contributed by atoms with Crippen molar-refractivity contribution in [3.63, 3.8) is 0 Å². The van der Waals surface area contributed by atoms with E-state index in [0.717, 1.165) is 52.7 Å². The van der Waals surface area contributed by atoms with Crippen LogP contribution in [0.3, 0.4) is 0 Å². The Morgan fingerprint density at radius 3 is 2.89 bits per heavy atom. The molecule has 0 aliphatic heterocycles. The second kappa shape index (κ2) is 10.5. The minimum atomic E-state index is -0.284. The van der Waals surface area contributed by atoms with Crippen LogP contribution in [0.25, 0.3) is 22.0 Å². The maximum Gasteiger partial charge on any atom is 0.267 e. The number of hydrogen-bond acceptors (Lipinski definition) is 7. The van der Waals surface area contributed by atoms with Crippen LogP contribution in [0.4, 0.5) is 0 Å². The smallest absolute Gasteiger partial charge is 0.267 e. The normalized spacial score (nSPS) is 13.6. The van der Waals surface area contributed by atoms with Crippen molar-refractivity contribution < 1.29 is 9.21 Å². The van der Waals surface area contributed by atoms with E-state index in [0.29, 0.717) is 10.9 Å². The molecule has 0 radical (unpaired) electrons. The topological polar surface area (TPSA) is 89.5 Å². The predicted molar refractivity (Wildman–Crippen MR) is 142 cm³/mol. The van der Waals surface area contributed by atoms with Crippen LogP contribution in [0.5, 0.6) is 0 Å². The third-order valence-corrected chi connectivity index (χ3v) is 7.86. The first-order chi connectivity index (χ1) is 17.1. The zero-order valence-corrected chi connectivity index (χ0v) is 20.8. The van der Waals surface area contributed by atoms with E-state index in [1.807, 2.05) is 37.3 Å². The fourth-order valence-electron chi connectivity index (χ4n) is 4.04. The van der Waals surface area contributed by atoms with Gasteiger partial charge in [0.2, 0.25) is 0 Å². The minimum absolute atomic E-state index is 0.0674. The molecule has 9 heteroatoms. The number of thioether (sulfide) groups is 1. The molecule has 0 unspecified atom stereocenters. The number of rotatable bonds is 7. The average molecular weight is 505 g/mol. The van der Waals surface area contributed by atoms with Gasteiger partial charge in [0, 0.05) is 11.1 Å². The number of allylic oxidation sites excluding steroid dienone is 1. The Morgan fingerprint density at radius 1 is 1.26 bits per heavy atom. The standard InChI is InChI=1S/C26H24N4O3S2/c1-17-10-12-18(13-11-17)30-25(32)23-20-8-2-3-9-21(20)35-24(23)28-26(30)34-16-22(31)29-27-14-4-6-19-7-5-15-33-19/h4-7,10-15H,2-3,8-9,16H2,1H3,(H,29,31). The van der Waals surface area contributed by atoms with Gasteiger partial charge >= 0.3 is 0 Å². The molecule has 1 aliphatic rings. The van der Waals surface area contributed by atoms with Crippen molar-refractivity contribution in [2.75, 3.05) is 5.75 Å². The molecule has 0 spiro atoms. The van der Waals surface area contributed by atoms with Crippen LogP contribution in [0, 0.1) is 6.92 Å². The van der Waals surface area contributed by atoms with Crippen molar-refractivity contribution in [3.05, 3.63) is 80.9 Å². The van der Waals surface area contributed by atoms with Gasteiger partial charge in [-0.15, -0.1) is 11.3 Å². The largest absolute Gasteiger partial charge is 0.465 e. The molecule has 3 heterocycles. The average Bonchev–Trinajstić information content (AvgIpc) is 3.51. The molecular formula is C26H24N4O3S2. The summed E-state index contributed by atoms with van der Waals surface area (Å²) in [5.74, 6) is 0.491. The van der Waals surface area contributed by atoms with Gasteiger partial charge in [0.1, 0.15) is 10.6 Å². The van der Waals surface area contributed by atoms with Crippen molar-refractivity contribution >= 4 is 51.5 Å². The summed E-state index contributed by atoms with van der Waals surface area (Å²) in [6.07, 6.45) is 10.6. The lowest BCUT2D eigenvalue weighted by molar-refractivity contribution is -0.118. The highest BCUT2D eigenvalue weighted by Crippen LogP contribution is 2.35. The van der Waals surface area contributed by atoms with Gasteiger partial charge in [-0.1, -0.05) is 29.5 Å². The second-order valence-corrected chi connectivity index (χ2v) is 10.3. The summed E-state index contributed by atoms with van der Waals surface area (Å²) >= 11 is 2.84. The van der Waals surface area contributed by atoms with E-state index in [1.165, 1.54) is 22.9 Å². The number of thiophene rings is 1. The Labute approximate surface area is 210 Å². The predicted octanol–water partition coefficient (Wildman–Crippen LogP) is 5.13. The van der Waals surface area contributed by atoms with E-state index in [1.54, 1.807) is 40.4 Å². The van der Waals surface area contributed by atoms with E-state index in [9.17, 15) is 9.59 Å². The van der Waals surface area contributed by atoms with E-state index in [2.05, 4.69) is 10.5 Å². The Bertz CT molecular complexity index is 1470. The number of aromatic nitrogens is 2. The van der Waals surface area contributed by atoms with Crippen LogP contribution in [0.2, 0.25) is 0 Å². The molecule has 4 aromatic rings. The number of hydrazone groups is 1. The number of furan rings is 1. The molecule has 1 amide bonds. The maximum atomic E-state index is 13.7. The molecule has 5 rings (SSSR count). The highest BCUT2D eigenvalue weighted by atomic mass is 32.2. The van der Waals surface area contributed by atoms with Gasteiger partial charge in [-0.2, -0.15) is 5.10 Å². The molecule has 1 N–H and O–H groups in total. The Kier molecular flexibility index (Phi) is 6.96. The first kappa shape index (κ1) is 23.3. The Balaban J connectivity index is 1.39. The minimum Gasteiger partial charge on any atom is -0.465 e. The second-order valence-electron chi connectivity index (χ2n) is 8.24. The summed E-state index contributed by atoms with van der Waals surface area (Å²) < 4.78 is 6.83. The highest BCUT2D eigenvalue weighted by Gasteiger charge is 2.23. The fraction of sp³-hybridized carbons (Fsp3) is 0.231. The molecule has 0 saturated carbocycles. The first-order valence-electron chi connectivity index (χ1n) is 11.4. The SMILES string of the molecule is Cc1ccc(-n2c(SCC(=O)NN=CC=Cc3ccco3)nc3sc4c(c3c2=O)CCCC4)cc1. The Morgan fingerprint density at radius 2 is 2.09 bits per heavy atom. The van der Waals surface area contributed by atoms with E-state index < -0.39 is 0 Å². The monoisotopic (exact) mass is 504 g/mol. The molecule has 3 aromatic heterocycles. The number of amides is 1. The van der Waals surface area contributed by atoms with Gasteiger partial charge in [-0.05, 0) is 74.6 Å². The number of benzene rings is 1. The quantitative estimate of drug-likeness (QED) is 0.163. The molecule has 0 fully saturated rings. The molecule has 0 atom stereocenters. The lowest BCUT2D eigenvalue weighted by atomic mass is 9.97.